The number of nitro groups is 1. The average Bonchev–Trinajstić information content (AvgIpc) is 2.19. The molecule has 0 aliphatic heterocycles. The normalized spacial score (nSPS) is 12.2. The van der Waals surface area contributed by atoms with Crippen LogP contribution in [0.3, 0.4) is 0 Å². The molecule has 17 heavy (non-hydrogen) atoms. The molecule has 0 radical (unpaired) electrons. The fraction of sp³-hybridized carbons (Fsp3) is 0.400. The summed E-state index contributed by atoms with van der Waals surface area (Å²) in [5.74, 6) is 0.125. The highest BCUT2D eigenvalue weighted by molar-refractivity contribution is 9.10. The van der Waals surface area contributed by atoms with Gasteiger partial charge in [0.05, 0.1) is 22.1 Å². The molecule has 0 fully saturated rings. The fourth-order valence-corrected chi connectivity index (χ4v) is 2.07. The molecule has 1 rings (SSSR count). The quantitative estimate of drug-likeness (QED) is 0.667. The summed E-state index contributed by atoms with van der Waals surface area (Å²) in [6.45, 7) is 1.81. The van der Waals surface area contributed by atoms with Crippen molar-refractivity contribution in [3.05, 3.63) is 31.7 Å². The first kappa shape index (κ1) is 14.2. The molecule has 7 heteroatoms. The van der Waals surface area contributed by atoms with E-state index in [1.54, 1.807) is 6.92 Å². The number of hydrogen-bond acceptors (Lipinski definition) is 4. The standard InChI is InChI=1S/C10H11BrClNO4/c1-6(14)2-3-17-10-8(11)4-7(12)5-9(10)13(15)16/h4-6,14H,2-3H2,1H3. The van der Waals surface area contributed by atoms with Gasteiger partial charge in [0, 0.05) is 17.5 Å². The number of nitro benzene ring substituents is 1. The summed E-state index contributed by atoms with van der Waals surface area (Å²) in [5.41, 5.74) is -0.199. The van der Waals surface area contributed by atoms with Crippen LogP contribution in [0.5, 0.6) is 5.75 Å². The van der Waals surface area contributed by atoms with E-state index in [0.717, 1.165) is 0 Å². The highest BCUT2D eigenvalue weighted by atomic mass is 79.9. The summed E-state index contributed by atoms with van der Waals surface area (Å²) in [6, 6.07) is 2.75. The first-order valence-corrected chi connectivity index (χ1v) is 6.03. The second-order valence-corrected chi connectivity index (χ2v) is 4.77. The Morgan fingerprint density at radius 3 is 2.82 bits per heavy atom. The molecule has 0 spiro atoms. The third kappa shape index (κ3) is 4.14. The molecule has 0 aliphatic rings. The molecular weight excluding hydrogens is 313 g/mol. The maximum Gasteiger partial charge on any atom is 0.313 e. The lowest BCUT2D eigenvalue weighted by molar-refractivity contribution is -0.386. The number of nitrogens with zero attached hydrogens (tertiary/aromatic N) is 1. The van der Waals surface area contributed by atoms with Gasteiger partial charge in [0.2, 0.25) is 5.75 Å². The predicted octanol–water partition coefficient (Wildman–Crippen LogP) is 3.16. The molecule has 0 aromatic heterocycles. The van der Waals surface area contributed by atoms with Crippen LogP contribution in [0.15, 0.2) is 16.6 Å². The monoisotopic (exact) mass is 323 g/mol. The van der Waals surface area contributed by atoms with E-state index in [0.29, 0.717) is 10.9 Å². The van der Waals surface area contributed by atoms with Gasteiger partial charge in [-0.05, 0) is 28.9 Å². The zero-order valence-corrected chi connectivity index (χ0v) is 11.4. The van der Waals surface area contributed by atoms with Crippen LogP contribution in [0.4, 0.5) is 5.69 Å². The summed E-state index contributed by atoms with van der Waals surface area (Å²) in [4.78, 5) is 10.3. The van der Waals surface area contributed by atoms with Gasteiger partial charge in [-0.15, -0.1) is 0 Å². The van der Waals surface area contributed by atoms with Gasteiger partial charge in [0.15, 0.2) is 0 Å². The van der Waals surface area contributed by atoms with Crippen LogP contribution in [0.2, 0.25) is 5.02 Å². The molecule has 0 aliphatic carbocycles. The summed E-state index contributed by atoms with van der Waals surface area (Å²) >= 11 is 8.88. The van der Waals surface area contributed by atoms with Gasteiger partial charge >= 0.3 is 5.69 Å². The number of ether oxygens (including phenoxy) is 1. The van der Waals surface area contributed by atoms with Gasteiger partial charge in [-0.25, -0.2) is 0 Å². The summed E-state index contributed by atoms with van der Waals surface area (Å²) in [6.07, 6.45) is -0.119. The number of hydrogen-bond donors (Lipinski definition) is 1. The predicted molar refractivity (Wildman–Crippen MR) is 67.6 cm³/mol. The van der Waals surface area contributed by atoms with Crippen molar-refractivity contribution in [1.29, 1.82) is 0 Å². The molecule has 5 nitrogen and oxygen atoms in total. The number of aliphatic hydroxyl groups excluding tert-OH is 1. The lowest BCUT2D eigenvalue weighted by Gasteiger charge is -2.10. The van der Waals surface area contributed by atoms with E-state index in [2.05, 4.69) is 15.9 Å². The van der Waals surface area contributed by atoms with Gasteiger partial charge in [-0.1, -0.05) is 11.6 Å². The topological polar surface area (TPSA) is 72.6 Å². The Labute approximate surface area is 112 Å². The van der Waals surface area contributed by atoms with E-state index in [1.165, 1.54) is 12.1 Å². The first-order chi connectivity index (χ1) is 7.91. The molecule has 1 aromatic carbocycles. The van der Waals surface area contributed by atoms with Gasteiger partial charge in [-0.2, -0.15) is 0 Å². The van der Waals surface area contributed by atoms with Crippen LogP contribution in [0.25, 0.3) is 0 Å². The molecule has 94 valence electrons. The SMILES string of the molecule is CC(O)CCOc1c(Br)cc(Cl)cc1[N+](=O)[O-]. The molecule has 0 saturated carbocycles. The minimum atomic E-state index is -0.561. The molecule has 1 N–H and O–H groups in total. The van der Waals surface area contributed by atoms with E-state index >= 15 is 0 Å². The summed E-state index contributed by atoms with van der Waals surface area (Å²) in [7, 11) is 0. The zero-order chi connectivity index (χ0) is 13.0. The van der Waals surface area contributed by atoms with Crippen molar-refractivity contribution >= 4 is 33.2 Å². The Balaban J connectivity index is 2.92. The largest absolute Gasteiger partial charge is 0.486 e. The second kappa shape index (κ2) is 6.18. The van der Waals surface area contributed by atoms with Crippen molar-refractivity contribution in [2.45, 2.75) is 19.4 Å². The lowest BCUT2D eigenvalue weighted by atomic mass is 10.3. The molecule has 1 unspecified atom stereocenters. The first-order valence-electron chi connectivity index (χ1n) is 4.86. The summed E-state index contributed by atoms with van der Waals surface area (Å²) in [5, 5.41) is 20.2. The van der Waals surface area contributed by atoms with Crippen molar-refractivity contribution < 1.29 is 14.8 Å². The van der Waals surface area contributed by atoms with Crippen LogP contribution in [-0.2, 0) is 0 Å². The third-order valence-corrected chi connectivity index (χ3v) is 2.77. The van der Waals surface area contributed by atoms with E-state index < -0.39 is 11.0 Å². The van der Waals surface area contributed by atoms with E-state index in [9.17, 15) is 10.1 Å². The number of rotatable bonds is 5. The summed E-state index contributed by atoms with van der Waals surface area (Å²) < 4.78 is 5.71. The molecule has 0 amide bonds. The minimum Gasteiger partial charge on any atom is -0.486 e. The Morgan fingerprint density at radius 2 is 2.29 bits per heavy atom. The number of aliphatic hydroxyl groups is 1. The van der Waals surface area contributed by atoms with Crippen molar-refractivity contribution in [1.82, 2.24) is 0 Å². The maximum atomic E-state index is 10.8. The van der Waals surface area contributed by atoms with E-state index in [-0.39, 0.29) is 23.1 Å². The molecule has 0 saturated heterocycles. The number of halogens is 2. The smallest absolute Gasteiger partial charge is 0.313 e. The van der Waals surface area contributed by atoms with Crippen LogP contribution >= 0.6 is 27.5 Å². The molecular formula is C10H11BrClNO4. The molecule has 0 bridgehead atoms. The minimum absolute atomic E-state index is 0.125. The van der Waals surface area contributed by atoms with Gasteiger partial charge in [0.1, 0.15) is 0 Å². The Kier molecular flexibility index (Phi) is 5.17. The Morgan fingerprint density at radius 1 is 1.65 bits per heavy atom. The van der Waals surface area contributed by atoms with Crippen LogP contribution < -0.4 is 4.74 Å². The second-order valence-electron chi connectivity index (χ2n) is 3.48. The van der Waals surface area contributed by atoms with Gasteiger partial charge < -0.3 is 9.84 Å². The fourth-order valence-electron chi connectivity index (χ4n) is 1.16. The van der Waals surface area contributed by atoms with Crippen LogP contribution in [0.1, 0.15) is 13.3 Å². The molecule has 0 heterocycles. The van der Waals surface area contributed by atoms with E-state index in [4.69, 9.17) is 21.4 Å². The van der Waals surface area contributed by atoms with Gasteiger partial charge in [0.25, 0.3) is 0 Å². The third-order valence-electron chi connectivity index (χ3n) is 1.97. The Bertz CT molecular complexity index is 425. The average molecular weight is 325 g/mol. The van der Waals surface area contributed by atoms with Crippen molar-refractivity contribution in [2.75, 3.05) is 6.61 Å². The number of benzene rings is 1. The molecule has 1 aromatic rings. The van der Waals surface area contributed by atoms with Crippen molar-refractivity contribution in [3.63, 3.8) is 0 Å². The van der Waals surface area contributed by atoms with Crippen LogP contribution in [-0.4, -0.2) is 22.7 Å². The van der Waals surface area contributed by atoms with Crippen LogP contribution in [0, 0.1) is 10.1 Å². The highest BCUT2D eigenvalue weighted by Crippen LogP contribution is 2.37. The maximum absolute atomic E-state index is 10.8. The molecule has 1 atom stereocenters. The van der Waals surface area contributed by atoms with Gasteiger partial charge in [-0.3, -0.25) is 10.1 Å². The zero-order valence-electron chi connectivity index (χ0n) is 9.02. The van der Waals surface area contributed by atoms with Crippen molar-refractivity contribution in [2.24, 2.45) is 0 Å². The van der Waals surface area contributed by atoms with Crippen molar-refractivity contribution in [3.8, 4) is 5.75 Å². The van der Waals surface area contributed by atoms with E-state index in [1.807, 2.05) is 0 Å². The lowest BCUT2D eigenvalue weighted by Crippen LogP contribution is -2.08. The Hall–Kier alpha value is -0.850. The highest BCUT2D eigenvalue weighted by Gasteiger charge is 2.20.